The van der Waals surface area contributed by atoms with E-state index in [1.165, 1.54) is 103 Å². The standard InChI is InChI=1S/C43H86N2O5/c1-8-13-16-19-21-22-24-26-30-40(29-25-23-20-17-14-9-2)38-49-42(46)33-28-32-41(31-27-18-15-10-3)50-43(47)48-37-36-45(39(6)7)35-34-44(11-4)12-5/h39-41H,8-38H2,1-7H3. The fraction of sp³-hybridized carbons (Fsp3) is 0.953. The van der Waals surface area contributed by atoms with Gasteiger partial charge >= 0.3 is 12.1 Å². The molecule has 7 nitrogen and oxygen atoms in total. The number of hydrogen-bond donors (Lipinski definition) is 0. The van der Waals surface area contributed by atoms with Crippen molar-refractivity contribution < 1.29 is 23.8 Å². The highest BCUT2D eigenvalue weighted by atomic mass is 16.7. The van der Waals surface area contributed by atoms with Crippen LogP contribution in [0, 0.1) is 5.92 Å². The summed E-state index contributed by atoms with van der Waals surface area (Å²) in [6, 6.07) is 0.382. The summed E-state index contributed by atoms with van der Waals surface area (Å²) in [6.45, 7) is 21.1. The lowest BCUT2D eigenvalue weighted by Gasteiger charge is -2.29. The van der Waals surface area contributed by atoms with Gasteiger partial charge < -0.3 is 19.1 Å². The van der Waals surface area contributed by atoms with E-state index >= 15 is 0 Å². The van der Waals surface area contributed by atoms with Crippen molar-refractivity contribution >= 4 is 12.1 Å². The van der Waals surface area contributed by atoms with Crippen molar-refractivity contribution in [3.05, 3.63) is 0 Å². The number of likely N-dealkylation sites (N-methyl/N-ethyl adjacent to an activating group) is 1. The van der Waals surface area contributed by atoms with Gasteiger partial charge in [-0.25, -0.2) is 4.79 Å². The van der Waals surface area contributed by atoms with Gasteiger partial charge in [-0.3, -0.25) is 9.69 Å². The number of rotatable bonds is 37. The second-order valence-corrected chi connectivity index (χ2v) is 15.1. The number of hydrogen-bond acceptors (Lipinski definition) is 7. The first-order valence-corrected chi connectivity index (χ1v) is 21.8. The Kier molecular flexibility index (Phi) is 35.1. The lowest BCUT2D eigenvalue weighted by Crippen LogP contribution is -2.40. The van der Waals surface area contributed by atoms with E-state index in [4.69, 9.17) is 14.2 Å². The first-order chi connectivity index (χ1) is 24.3. The molecule has 0 radical (unpaired) electrons. The molecule has 0 aromatic heterocycles. The molecule has 0 rings (SSSR count). The summed E-state index contributed by atoms with van der Waals surface area (Å²) < 4.78 is 17.2. The minimum absolute atomic E-state index is 0.111. The van der Waals surface area contributed by atoms with Crippen LogP contribution in [0.15, 0.2) is 0 Å². The van der Waals surface area contributed by atoms with Crippen LogP contribution in [0.1, 0.15) is 203 Å². The first kappa shape index (κ1) is 48.7. The fourth-order valence-corrected chi connectivity index (χ4v) is 6.76. The molecule has 0 spiro atoms. The van der Waals surface area contributed by atoms with Crippen LogP contribution >= 0.6 is 0 Å². The zero-order chi connectivity index (χ0) is 37.1. The maximum absolute atomic E-state index is 12.8. The zero-order valence-corrected chi connectivity index (χ0v) is 34.6. The normalized spacial score (nSPS) is 12.9. The Balaban J connectivity index is 4.75. The molecule has 0 saturated carbocycles. The molecule has 0 saturated heterocycles. The van der Waals surface area contributed by atoms with Crippen molar-refractivity contribution in [1.82, 2.24) is 9.80 Å². The molecule has 0 bridgehead atoms. The van der Waals surface area contributed by atoms with E-state index in [-0.39, 0.29) is 12.1 Å². The minimum atomic E-state index is -0.584. The molecule has 0 fully saturated rings. The van der Waals surface area contributed by atoms with Crippen LogP contribution in [0.2, 0.25) is 0 Å². The van der Waals surface area contributed by atoms with Crippen molar-refractivity contribution in [3.8, 4) is 0 Å². The van der Waals surface area contributed by atoms with E-state index in [0.29, 0.717) is 51.0 Å². The van der Waals surface area contributed by atoms with Gasteiger partial charge in [0.2, 0.25) is 0 Å². The second-order valence-electron chi connectivity index (χ2n) is 15.1. The number of ether oxygens (including phenoxy) is 3. The van der Waals surface area contributed by atoms with Gasteiger partial charge in [0.15, 0.2) is 0 Å². The van der Waals surface area contributed by atoms with E-state index in [9.17, 15) is 9.59 Å². The number of nitrogens with zero attached hydrogens (tertiary/aromatic N) is 2. The van der Waals surface area contributed by atoms with Crippen molar-refractivity contribution in [1.29, 1.82) is 0 Å². The minimum Gasteiger partial charge on any atom is -0.465 e. The number of unbranched alkanes of at least 4 members (excludes halogenated alkanes) is 15. The molecule has 0 amide bonds. The number of carbonyl (C=O) groups is 2. The molecule has 0 heterocycles. The average Bonchev–Trinajstić information content (AvgIpc) is 3.10. The summed E-state index contributed by atoms with van der Waals surface area (Å²) in [5, 5.41) is 0. The largest absolute Gasteiger partial charge is 0.508 e. The summed E-state index contributed by atoms with van der Waals surface area (Å²) in [4.78, 5) is 30.3. The van der Waals surface area contributed by atoms with Gasteiger partial charge in [0.25, 0.3) is 0 Å². The SMILES string of the molecule is CCCCCCCCCCC(CCCCCCCC)COC(=O)CCCC(CCCCCC)OC(=O)OCCN(CCN(CC)CC)C(C)C. The maximum Gasteiger partial charge on any atom is 0.508 e. The summed E-state index contributed by atoms with van der Waals surface area (Å²) in [7, 11) is 0. The Bertz CT molecular complexity index is 745. The lowest BCUT2D eigenvalue weighted by atomic mass is 9.94. The Hall–Kier alpha value is -1.34. The monoisotopic (exact) mass is 711 g/mol. The van der Waals surface area contributed by atoms with Gasteiger partial charge in [0.05, 0.1) is 6.61 Å². The summed E-state index contributed by atoms with van der Waals surface area (Å²) in [5.74, 6) is 0.359. The van der Waals surface area contributed by atoms with Crippen molar-refractivity contribution in [2.45, 2.75) is 215 Å². The maximum atomic E-state index is 12.8. The zero-order valence-electron chi connectivity index (χ0n) is 34.6. The predicted molar refractivity (Wildman–Crippen MR) is 213 cm³/mol. The third-order valence-electron chi connectivity index (χ3n) is 10.4. The first-order valence-electron chi connectivity index (χ1n) is 21.8. The summed E-state index contributed by atoms with van der Waals surface area (Å²) >= 11 is 0. The van der Waals surface area contributed by atoms with E-state index < -0.39 is 6.16 Å². The molecule has 0 aromatic rings. The Morgan fingerprint density at radius 1 is 0.540 bits per heavy atom. The summed E-state index contributed by atoms with van der Waals surface area (Å²) in [6.07, 6.45) is 26.9. The predicted octanol–water partition coefficient (Wildman–Crippen LogP) is 12.1. The van der Waals surface area contributed by atoms with Crippen molar-refractivity contribution in [3.63, 3.8) is 0 Å². The molecule has 0 aromatic carbocycles. The Morgan fingerprint density at radius 2 is 1.02 bits per heavy atom. The van der Waals surface area contributed by atoms with Gasteiger partial charge in [0, 0.05) is 32.1 Å². The van der Waals surface area contributed by atoms with Crippen LogP contribution in [0.25, 0.3) is 0 Å². The molecule has 0 aliphatic heterocycles. The molecular weight excluding hydrogens is 624 g/mol. The third-order valence-corrected chi connectivity index (χ3v) is 10.4. The third kappa shape index (κ3) is 30.3. The molecule has 0 aliphatic carbocycles. The van der Waals surface area contributed by atoms with Crippen LogP contribution in [-0.2, 0) is 19.0 Å². The molecule has 50 heavy (non-hydrogen) atoms. The Labute approximate surface area is 311 Å². The number of esters is 1. The van der Waals surface area contributed by atoms with E-state index in [0.717, 1.165) is 58.3 Å². The highest BCUT2D eigenvalue weighted by molar-refractivity contribution is 5.69. The topological polar surface area (TPSA) is 68.3 Å². The fourth-order valence-electron chi connectivity index (χ4n) is 6.76. The van der Waals surface area contributed by atoms with E-state index in [1.807, 2.05) is 0 Å². The van der Waals surface area contributed by atoms with Gasteiger partial charge in [-0.05, 0) is 71.4 Å². The molecule has 0 N–H and O–H groups in total. The second kappa shape index (κ2) is 36.0. The van der Waals surface area contributed by atoms with Crippen LogP contribution in [-0.4, -0.2) is 80.0 Å². The lowest BCUT2D eigenvalue weighted by molar-refractivity contribution is -0.145. The molecule has 7 heteroatoms. The molecule has 2 unspecified atom stereocenters. The van der Waals surface area contributed by atoms with Crippen LogP contribution in [0.5, 0.6) is 0 Å². The van der Waals surface area contributed by atoms with Gasteiger partial charge in [-0.1, -0.05) is 144 Å². The smallest absolute Gasteiger partial charge is 0.465 e. The Morgan fingerprint density at radius 3 is 1.54 bits per heavy atom. The summed E-state index contributed by atoms with van der Waals surface area (Å²) in [5.41, 5.74) is 0. The van der Waals surface area contributed by atoms with Crippen LogP contribution in [0.3, 0.4) is 0 Å². The number of carbonyl (C=O) groups excluding carboxylic acids is 2. The van der Waals surface area contributed by atoms with E-state index in [2.05, 4.69) is 58.3 Å². The quantitative estimate of drug-likeness (QED) is 0.0469. The molecule has 0 aliphatic rings. The molecule has 298 valence electrons. The van der Waals surface area contributed by atoms with E-state index in [1.54, 1.807) is 0 Å². The van der Waals surface area contributed by atoms with Gasteiger partial charge in [0.1, 0.15) is 12.7 Å². The highest BCUT2D eigenvalue weighted by Gasteiger charge is 2.19. The van der Waals surface area contributed by atoms with Gasteiger partial charge in [-0.15, -0.1) is 0 Å². The van der Waals surface area contributed by atoms with Gasteiger partial charge in [-0.2, -0.15) is 0 Å². The highest BCUT2D eigenvalue weighted by Crippen LogP contribution is 2.21. The van der Waals surface area contributed by atoms with Crippen LogP contribution in [0.4, 0.5) is 4.79 Å². The molecule has 2 atom stereocenters. The average molecular weight is 711 g/mol. The van der Waals surface area contributed by atoms with Crippen LogP contribution < -0.4 is 0 Å². The van der Waals surface area contributed by atoms with Crippen molar-refractivity contribution in [2.75, 3.05) is 45.9 Å². The molecular formula is C43H86N2O5. The van der Waals surface area contributed by atoms with Crippen molar-refractivity contribution in [2.24, 2.45) is 5.92 Å².